The van der Waals surface area contributed by atoms with Crippen LogP contribution in [0.3, 0.4) is 0 Å². The first-order valence-electron chi connectivity index (χ1n) is 7.52. The van der Waals surface area contributed by atoms with Gasteiger partial charge in [-0.2, -0.15) is 5.10 Å². The second kappa shape index (κ2) is 5.17. The van der Waals surface area contributed by atoms with Crippen LogP contribution < -0.4 is 10.2 Å². The molecule has 23 heavy (non-hydrogen) atoms. The van der Waals surface area contributed by atoms with Crippen molar-refractivity contribution in [2.24, 2.45) is 0 Å². The summed E-state index contributed by atoms with van der Waals surface area (Å²) in [6, 6.07) is 4.85. The van der Waals surface area contributed by atoms with Crippen LogP contribution in [0.5, 0.6) is 0 Å². The molecular weight excluding hydrogens is 298 g/mol. The van der Waals surface area contributed by atoms with Crippen LogP contribution in [0.2, 0.25) is 0 Å². The largest absolute Gasteiger partial charge is 0.312 e. The van der Waals surface area contributed by atoms with Crippen molar-refractivity contribution in [2.45, 2.75) is 19.4 Å². The lowest BCUT2D eigenvalue weighted by atomic mass is 10.1. The molecule has 0 saturated heterocycles. The van der Waals surface area contributed by atoms with Gasteiger partial charge >= 0.3 is 0 Å². The first-order chi connectivity index (χ1) is 11.2. The molecule has 118 valence electrons. The summed E-state index contributed by atoms with van der Waals surface area (Å²) in [5.74, 6) is -0.203. The lowest BCUT2D eigenvalue weighted by Gasteiger charge is -2.18. The van der Waals surface area contributed by atoms with E-state index < -0.39 is 4.92 Å². The Labute approximate surface area is 131 Å². The minimum absolute atomic E-state index is 0.0727. The number of amides is 1. The van der Waals surface area contributed by atoms with E-state index in [0.29, 0.717) is 36.5 Å². The van der Waals surface area contributed by atoms with E-state index in [1.54, 1.807) is 17.0 Å². The third-order valence-electron chi connectivity index (χ3n) is 4.45. The Morgan fingerprint density at radius 3 is 3.00 bits per heavy atom. The van der Waals surface area contributed by atoms with Crippen LogP contribution in [0.25, 0.3) is 0 Å². The van der Waals surface area contributed by atoms with E-state index in [1.165, 1.54) is 6.07 Å². The predicted molar refractivity (Wildman–Crippen MR) is 82.5 cm³/mol. The number of carbonyl (C=O) groups is 1. The van der Waals surface area contributed by atoms with Gasteiger partial charge in [0.25, 0.3) is 11.6 Å². The van der Waals surface area contributed by atoms with E-state index in [4.69, 9.17) is 0 Å². The molecule has 0 spiro atoms. The number of rotatable bonds is 2. The van der Waals surface area contributed by atoms with Crippen molar-refractivity contribution in [3.05, 3.63) is 50.8 Å². The Kier molecular flexibility index (Phi) is 3.12. The number of aromatic nitrogens is 2. The van der Waals surface area contributed by atoms with E-state index in [9.17, 15) is 14.9 Å². The minimum atomic E-state index is -0.396. The lowest BCUT2D eigenvalue weighted by molar-refractivity contribution is -0.385. The highest BCUT2D eigenvalue weighted by atomic mass is 16.6. The van der Waals surface area contributed by atoms with Crippen molar-refractivity contribution in [1.82, 2.24) is 15.5 Å². The number of anilines is 1. The molecule has 0 atom stereocenters. The van der Waals surface area contributed by atoms with Gasteiger partial charge in [-0.1, -0.05) is 6.07 Å². The van der Waals surface area contributed by atoms with E-state index in [-0.39, 0.29) is 11.6 Å². The molecule has 2 aliphatic heterocycles. The molecule has 2 aromatic rings. The SMILES string of the molecule is O=C(c1n[nH]c2c1CNCC2)N1CCc2c1cccc2[N+](=O)[O-]. The molecule has 1 aromatic carbocycles. The number of nitrogens with zero attached hydrogens (tertiary/aromatic N) is 3. The number of nitro benzene ring substituents is 1. The number of H-pyrrole nitrogens is 1. The van der Waals surface area contributed by atoms with Gasteiger partial charge in [0.1, 0.15) is 0 Å². The molecular formula is C15H15N5O3. The lowest BCUT2D eigenvalue weighted by Crippen LogP contribution is -2.31. The first-order valence-corrected chi connectivity index (χ1v) is 7.52. The van der Waals surface area contributed by atoms with Gasteiger partial charge in [-0.05, 0) is 12.5 Å². The zero-order chi connectivity index (χ0) is 16.0. The molecule has 0 bridgehead atoms. The Morgan fingerprint density at radius 1 is 1.30 bits per heavy atom. The maximum Gasteiger partial charge on any atom is 0.279 e. The van der Waals surface area contributed by atoms with Crippen molar-refractivity contribution < 1.29 is 9.72 Å². The first kappa shape index (κ1) is 13.9. The second-order valence-corrected chi connectivity index (χ2v) is 5.69. The summed E-state index contributed by atoms with van der Waals surface area (Å²) in [5.41, 5.74) is 3.61. The fourth-order valence-electron chi connectivity index (χ4n) is 3.33. The zero-order valence-corrected chi connectivity index (χ0v) is 12.3. The number of benzene rings is 1. The van der Waals surface area contributed by atoms with Crippen LogP contribution in [-0.2, 0) is 19.4 Å². The molecule has 4 rings (SSSR count). The Hall–Kier alpha value is -2.74. The molecule has 1 aromatic heterocycles. The molecule has 2 aliphatic rings. The molecule has 0 fully saturated rings. The summed E-state index contributed by atoms with van der Waals surface area (Å²) in [5, 5.41) is 21.5. The normalized spacial score (nSPS) is 16.1. The summed E-state index contributed by atoms with van der Waals surface area (Å²) in [6.07, 6.45) is 1.31. The van der Waals surface area contributed by atoms with Gasteiger partial charge < -0.3 is 10.2 Å². The average molecular weight is 313 g/mol. The number of nitrogens with one attached hydrogen (secondary N) is 2. The number of hydrogen-bond donors (Lipinski definition) is 2. The molecule has 1 amide bonds. The van der Waals surface area contributed by atoms with E-state index in [0.717, 1.165) is 24.2 Å². The van der Waals surface area contributed by atoms with Gasteiger partial charge in [0.2, 0.25) is 0 Å². The summed E-state index contributed by atoms with van der Waals surface area (Å²) < 4.78 is 0. The Morgan fingerprint density at radius 2 is 2.17 bits per heavy atom. The molecule has 0 aliphatic carbocycles. The highest BCUT2D eigenvalue weighted by Gasteiger charge is 2.33. The highest BCUT2D eigenvalue weighted by Crippen LogP contribution is 2.35. The van der Waals surface area contributed by atoms with Crippen molar-refractivity contribution >= 4 is 17.3 Å². The number of nitro groups is 1. The third kappa shape index (κ3) is 2.10. The van der Waals surface area contributed by atoms with Gasteiger partial charge in [-0.25, -0.2) is 0 Å². The molecule has 8 nitrogen and oxygen atoms in total. The fraction of sp³-hybridized carbons (Fsp3) is 0.333. The smallest absolute Gasteiger partial charge is 0.279 e. The van der Waals surface area contributed by atoms with Crippen LogP contribution in [0.15, 0.2) is 18.2 Å². The molecule has 3 heterocycles. The molecule has 0 saturated carbocycles. The summed E-state index contributed by atoms with van der Waals surface area (Å²) >= 11 is 0. The van der Waals surface area contributed by atoms with E-state index >= 15 is 0 Å². The highest BCUT2D eigenvalue weighted by molar-refractivity contribution is 6.07. The zero-order valence-electron chi connectivity index (χ0n) is 12.3. The quantitative estimate of drug-likeness (QED) is 0.639. The number of fused-ring (bicyclic) bond motifs is 2. The molecule has 0 radical (unpaired) electrons. The molecule has 0 unspecified atom stereocenters. The fourth-order valence-corrected chi connectivity index (χ4v) is 3.33. The van der Waals surface area contributed by atoms with Crippen LogP contribution in [0.1, 0.15) is 27.3 Å². The van der Waals surface area contributed by atoms with Crippen LogP contribution in [0.4, 0.5) is 11.4 Å². The van der Waals surface area contributed by atoms with E-state index in [2.05, 4.69) is 15.5 Å². The van der Waals surface area contributed by atoms with Crippen LogP contribution in [-0.4, -0.2) is 34.1 Å². The molecule has 8 heteroatoms. The maximum absolute atomic E-state index is 12.9. The Bertz CT molecular complexity index is 813. The standard InChI is InChI=1S/C15H15N5O3/c21-15(14-10-8-16-6-4-11(10)17-18-14)19-7-5-9-12(19)2-1-3-13(9)20(22)23/h1-3,16H,4-8H2,(H,17,18). The van der Waals surface area contributed by atoms with Gasteiger partial charge in [0.05, 0.1) is 16.2 Å². The topological polar surface area (TPSA) is 104 Å². The summed E-state index contributed by atoms with van der Waals surface area (Å²) in [4.78, 5) is 25.2. The molecule has 2 N–H and O–H groups in total. The van der Waals surface area contributed by atoms with Crippen LogP contribution >= 0.6 is 0 Å². The monoisotopic (exact) mass is 313 g/mol. The minimum Gasteiger partial charge on any atom is -0.312 e. The Balaban J connectivity index is 1.72. The van der Waals surface area contributed by atoms with Gasteiger partial charge in [0.15, 0.2) is 5.69 Å². The predicted octanol–water partition coefficient (Wildman–Crippen LogP) is 1.17. The number of hydrogen-bond acceptors (Lipinski definition) is 5. The summed E-state index contributed by atoms with van der Waals surface area (Å²) in [7, 11) is 0. The summed E-state index contributed by atoms with van der Waals surface area (Å²) in [6.45, 7) is 1.91. The third-order valence-corrected chi connectivity index (χ3v) is 4.45. The van der Waals surface area contributed by atoms with Crippen molar-refractivity contribution in [1.29, 1.82) is 0 Å². The van der Waals surface area contributed by atoms with Gasteiger partial charge in [0, 0.05) is 43.4 Å². The van der Waals surface area contributed by atoms with Crippen molar-refractivity contribution in [3.63, 3.8) is 0 Å². The average Bonchev–Trinajstić information content (AvgIpc) is 3.18. The second-order valence-electron chi connectivity index (χ2n) is 5.69. The maximum atomic E-state index is 12.9. The van der Waals surface area contributed by atoms with Crippen LogP contribution in [0, 0.1) is 10.1 Å². The number of carbonyl (C=O) groups excluding carboxylic acids is 1. The van der Waals surface area contributed by atoms with E-state index in [1.807, 2.05) is 0 Å². The number of aromatic amines is 1. The van der Waals surface area contributed by atoms with Crippen molar-refractivity contribution in [3.8, 4) is 0 Å². The van der Waals surface area contributed by atoms with Gasteiger partial charge in [-0.15, -0.1) is 0 Å². The van der Waals surface area contributed by atoms with Gasteiger partial charge in [-0.3, -0.25) is 20.0 Å². The van der Waals surface area contributed by atoms with Crippen molar-refractivity contribution in [2.75, 3.05) is 18.0 Å².